The van der Waals surface area contributed by atoms with Crippen LogP contribution in [0.5, 0.6) is 11.5 Å². The summed E-state index contributed by atoms with van der Waals surface area (Å²) in [6, 6.07) is 1.81. The number of carbonyl (C=O) groups excluding carboxylic acids is 2. The van der Waals surface area contributed by atoms with E-state index in [1.807, 2.05) is 22.6 Å². The Balaban J connectivity index is 2.35. The van der Waals surface area contributed by atoms with Gasteiger partial charge in [-0.3, -0.25) is 9.59 Å². The summed E-state index contributed by atoms with van der Waals surface area (Å²) >= 11 is 1.89. The summed E-state index contributed by atoms with van der Waals surface area (Å²) in [5, 5.41) is 24.2. The highest BCUT2D eigenvalue weighted by molar-refractivity contribution is 14.1. The van der Waals surface area contributed by atoms with Gasteiger partial charge in [-0.15, -0.1) is 0 Å². The molecule has 0 fully saturated rings. The van der Waals surface area contributed by atoms with Crippen LogP contribution in [0.15, 0.2) is 23.8 Å². The number of aliphatic hydroxyl groups excluding tert-OH is 2. The van der Waals surface area contributed by atoms with Gasteiger partial charge in [0.25, 0.3) is 0 Å². The smallest absolute Gasteiger partial charge is 0.401 e. The van der Waals surface area contributed by atoms with E-state index in [9.17, 15) is 27.9 Å². The van der Waals surface area contributed by atoms with Gasteiger partial charge < -0.3 is 30.3 Å². The first-order valence-electron chi connectivity index (χ1n) is 9.17. The molecular formula is C19H22F3IN2O6. The van der Waals surface area contributed by atoms with Gasteiger partial charge in [0.2, 0.25) is 5.91 Å². The lowest BCUT2D eigenvalue weighted by molar-refractivity contribution is -0.129. The number of aldehydes is 1. The van der Waals surface area contributed by atoms with Crippen molar-refractivity contribution in [2.75, 3.05) is 26.8 Å². The summed E-state index contributed by atoms with van der Waals surface area (Å²) in [5.41, 5.74) is 0.420. The van der Waals surface area contributed by atoms with Crippen molar-refractivity contribution >= 4 is 34.8 Å². The zero-order chi connectivity index (χ0) is 23.2. The van der Waals surface area contributed by atoms with Crippen LogP contribution in [0, 0.1) is 3.57 Å². The van der Waals surface area contributed by atoms with Gasteiger partial charge in [-0.05, 0) is 47.2 Å². The molecule has 0 aliphatic heterocycles. The Morgan fingerprint density at radius 3 is 2.68 bits per heavy atom. The number of amides is 1. The molecule has 0 aromatic heterocycles. The van der Waals surface area contributed by atoms with E-state index in [2.05, 4.69) is 10.6 Å². The number of methoxy groups -OCH3 is 1. The molecule has 2 rings (SSSR count). The summed E-state index contributed by atoms with van der Waals surface area (Å²) in [5.74, 6) is -0.238. The predicted octanol–water partition coefficient (Wildman–Crippen LogP) is 1.18. The van der Waals surface area contributed by atoms with Crippen molar-refractivity contribution < 1.29 is 42.4 Å². The van der Waals surface area contributed by atoms with Crippen molar-refractivity contribution in [3.8, 4) is 11.5 Å². The van der Waals surface area contributed by atoms with Gasteiger partial charge in [0.05, 0.1) is 23.8 Å². The molecule has 172 valence electrons. The second-order valence-corrected chi connectivity index (χ2v) is 7.87. The summed E-state index contributed by atoms with van der Waals surface area (Å²) < 4.78 is 49.6. The quantitative estimate of drug-likeness (QED) is 0.266. The molecular weight excluding hydrogens is 536 g/mol. The first kappa shape index (κ1) is 25.4. The molecule has 1 aliphatic carbocycles. The first-order chi connectivity index (χ1) is 14.6. The van der Waals surface area contributed by atoms with Gasteiger partial charge in [-0.2, -0.15) is 13.2 Å². The summed E-state index contributed by atoms with van der Waals surface area (Å²) in [4.78, 5) is 23.4. The Labute approximate surface area is 189 Å². The van der Waals surface area contributed by atoms with Crippen molar-refractivity contribution in [3.05, 3.63) is 32.9 Å². The molecule has 31 heavy (non-hydrogen) atoms. The minimum absolute atomic E-state index is 0.0379. The molecule has 12 heteroatoms. The number of rotatable bonds is 9. The monoisotopic (exact) mass is 558 g/mol. The summed E-state index contributed by atoms with van der Waals surface area (Å²) in [6.07, 6.45) is -5.34. The van der Waals surface area contributed by atoms with Gasteiger partial charge in [-0.25, -0.2) is 0 Å². The van der Waals surface area contributed by atoms with Crippen molar-refractivity contribution in [1.82, 2.24) is 10.6 Å². The molecule has 1 amide bonds. The topological polar surface area (TPSA) is 117 Å². The number of hydrogen-bond acceptors (Lipinski definition) is 7. The molecule has 3 unspecified atom stereocenters. The molecule has 3 atom stereocenters. The maximum Gasteiger partial charge on any atom is 0.401 e. The highest BCUT2D eigenvalue weighted by Crippen LogP contribution is 2.36. The van der Waals surface area contributed by atoms with Crippen LogP contribution in [-0.2, 0) is 4.79 Å². The maximum absolute atomic E-state index is 12.7. The molecule has 4 N–H and O–H groups in total. The van der Waals surface area contributed by atoms with Crippen LogP contribution in [0.2, 0.25) is 0 Å². The van der Waals surface area contributed by atoms with Crippen LogP contribution in [-0.4, -0.2) is 73.6 Å². The fraction of sp³-hybridized carbons (Fsp3) is 0.474. The SMILES string of the molecule is COc1cc(C=O)cc(I)c1OC1C=C(C(=O)NCCO)CC(NCC(F)(F)F)C1O. The molecule has 0 spiro atoms. The van der Waals surface area contributed by atoms with E-state index < -0.39 is 36.9 Å². The van der Waals surface area contributed by atoms with E-state index in [1.54, 1.807) is 0 Å². The van der Waals surface area contributed by atoms with Crippen molar-refractivity contribution in [3.63, 3.8) is 0 Å². The molecule has 1 aromatic carbocycles. The fourth-order valence-corrected chi connectivity index (χ4v) is 3.76. The molecule has 0 bridgehead atoms. The molecule has 0 saturated heterocycles. The number of ether oxygens (including phenoxy) is 2. The van der Waals surface area contributed by atoms with Crippen molar-refractivity contribution in [1.29, 1.82) is 0 Å². The van der Waals surface area contributed by atoms with Gasteiger partial charge in [0.1, 0.15) is 18.5 Å². The minimum Gasteiger partial charge on any atom is -0.493 e. The summed E-state index contributed by atoms with van der Waals surface area (Å²) in [6.45, 7) is -1.71. The van der Waals surface area contributed by atoms with E-state index >= 15 is 0 Å². The van der Waals surface area contributed by atoms with E-state index in [0.29, 0.717) is 15.4 Å². The number of benzene rings is 1. The van der Waals surface area contributed by atoms with Crippen LogP contribution in [0.25, 0.3) is 0 Å². The Morgan fingerprint density at radius 2 is 2.10 bits per heavy atom. The van der Waals surface area contributed by atoms with E-state index in [-0.39, 0.29) is 36.6 Å². The third-order valence-corrected chi connectivity index (χ3v) is 5.25. The average Bonchev–Trinajstić information content (AvgIpc) is 2.72. The van der Waals surface area contributed by atoms with Gasteiger partial charge in [0, 0.05) is 23.7 Å². The van der Waals surface area contributed by atoms with Crippen LogP contribution in [0.4, 0.5) is 13.2 Å². The predicted molar refractivity (Wildman–Crippen MR) is 112 cm³/mol. The third kappa shape index (κ3) is 7.05. The van der Waals surface area contributed by atoms with E-state index in [1.165, 1.54) is 25.3 Å². The van der Waals surface area contributed by atoms with Gasteiger partial charge >= 0.3 is 6.18 Å². The van der Waals surface area contributed by atoms with Crippen molar-refractivity contribution in [2.24, 2.45) is 0 Å². The highest BCUT2D eigenvalue weighted by atomic mass is 127. The zero-order valence-corrected chi connectivity index (χ0v) is 18.6. The van der Waals surface area contributed by atoms with E-state index in [4.69, 9.17) is 14.6 Å². The Hall–Kier alpha value is -1.90. The number of nitrogens with one attached hydrogen (secondary N) is 2. The minimum atomic E-state index is -4.51. The Morgan fingerprint density at radius 1 is 1.39 bits per heavy atom. The Bertz CT molecular complexity index is 834. The third-order valence-electron chi connectivity index (χ3n) is 4.45. The molecule has 8 nitrogen and oxygen atoms in total. The molecule has 0 saturated carbocycles. The summed E-state index contributed by atoms with van der Waals surface area (Å²) in [7, 11) is 1.35. The average molecular weight is 558 g/mol. The normalized spacial score (nSPS) is 21.3. The number of hydrogen-bond donors (Lipinski definition) is 4. The second-order valence-electron chi connectivity index (χ2n) is 6.70. The number of carbonyl (C=O) groups is 2. The molecule has 1 aliphatic rings. The zero-order valence-electron chi connectivity index (χ0n) is 16.4. The van der Waals surface area contributed by atoms with Crippen LogP contribution in [0.3, 0.4) is 0 Å². The van der Waals surface area contributed by atoms with Crippen LogP contribution >= 0.6 is 22.6 Å². The highest BCUT2D eigenvalue weighted by Gasteiger charge is 2.38. The first-order valence-corrected chi connectivity index (χ1v) is 10.2. The van der Waals surface area contributed by atoms with Crippen LogP contribution in [0.1, 0.15) is 16.8 Å². The lowest BCUT2D eigenvalue weighted by Crippen LogP contribution is -2.53. The lowest BCUT2D eigenvalue weighted by atomic mass is 9.89. The van der Waals surface area contributed by atoms with Gasteiger partial charge in [0.15, 0.2) is 11.5 Å². The Kier molecular flexibility index (Phi) is 9.09. The standard InChI is InChI=1S/C19H22F3IN2O6/c1-30-15-5-10(8-27)4-12(23)17(15)31-14-7-11(18(29)24-2-3-26)6-13(16(14)28)25-9-19(20,21)22/h4-5,7-8,13-14,16,25-26,28H,2-3,6,9H2,1H3,(H,24,29). The number of halogens is 4. The molecule has 0 radical (unpaired) electrons. The second kappa shape index (κ2) is 11.1. The van der Waals surface area contributed by atoms with Crippen LogP contribution < -0.4 is 20.1 Å². The molecule has 1 aromatic rings. The fourth-order valence-electron chi connectivity index (χ4n) is 3.00. The number of aliphatic hydroxyl groups is 2. The van der Waals surface area contributed by atoms with Gasteiger partial charge in [-0.1, -0.05) is 0 Å². The maximum atomic E-state index is 12.7. The largest absolute Gasteiger partial charge is 0.493 e. The molecule has 0 heterocycles. The van der Waals surface area contributed by atoms with E-state index in [0.717, 1.165) is 0 Å². The number of alkyl halides is 3. The van der Waals surface area contributed by atoms with Crippen molar-refractivity contribution in [2.45, 2.75) is 30.8 Å². The lowest BCUT2D eigenvalue weighted by Gasteiger charge is -2.35.